The predicted molar refractivity (Wildman–Crippen MR) is 109 cm³/mol. The summed E-state index contributed by atoms with van der Waals surface area (Å²) < 4.78 is 5.84. The third-order valence-corrected chi connectivity index (χ3v) is 5.21. The molecule has 0 radical (unpaired) electrons. The van der Waals surface area contributed by atoms with E-state index in [4.69, 9.17) is 4.74 Å². The Morgan fingerprint density at radius 1 is 0.857 bits per heavy atom. The molecule has 2 atom stereocenters. The van der Waals surface area contributed by atoms with Crippen LogP contribution in [0.5, 0.6) is 0 Å². The van der Waals surface area contributed by atoms with Gasteiger partial charge in [0, 0.05) is 13.1 Å². The summed E-state index contributed by atoms with van der Waals surface area (Å²) in [6.07, 6.45) is -0.0210. The van der Waals surface area contributed by atoms with E-state index < -0.39 is 0 Å². The highest BCUT2D eigenvalue weighted by molar-refractivity contribution is 6.45. The van der Waals surface area contributed by atoms with Crippen molar-refractivity contribution in [2.45, 2.75) is 33.0 Å². The third-order valence-electron chi connectivity index (χ3n) is 5.21. The van der Waals surface area contributed by atoms with Crippen LogP contribution >= 0.6 is 0 Å². The van der Waals surface area contributed by atoms with E-state index in [1.54, 1.807) is 0 Å². The summed E-state index contributed by atoms with van der Waals surface area (Å²) in [4.78, 5) is 30.3. The zero-order chi connectivity index (χ0) is 19.8. The minimum absolute atomic E-state index is 0.0105. The number of carbonyl (C=O) groups is 2. The molecule has 2 unspecified atom stereocenters. The van der Waals surface area contributed by atoms with Crippen molar-refractivity contribution in [3.63, 3.8) is 0 Å². The maximum absolute atomic E-state index is 13.5. The second-order valence-electron chi connectivity index (χ2n) is 7.48. The molecule has 1 saturated heterocycles. The van der Waals surface area contributed by atoms with Gasteiger partial charge >= 0.3 is 0 Å². The molecule has 0 saturated carbocycles. The van der Waals surface area contributed by atoms with Gasteiger partial charge in [-0.3, -0.25) is 9.59 Å². The molecule has 2 amide bonds. The number of morpholine rings is 1. The molecule has 4 rings (SSSR count). The summed E-state index contributed by atoms with van der Waals surface area (Å²) in [5.74, 6) is -0.535. The molecule has 2 aliphatic rings. The topological polar surface area (TPSA) is 49.9 Å². The van der Waals surface area contributed by atoms with Crippen LogP contribution in [0.3, 0.4) is 0 Å². The Morgan fingerprint density at radius 3 is 2.11 bits per heavy atom. The van der Waals surface area contributed by atoms with Crippen LogP contribution in [0, 0.1) is 6.92 Å². The summed E-state index contributed by atoms with van der Waals surface area (Å²) in [5.41, 5.74) is 3.23. The minimum Gasteiger partial charge on any atom is -0.372 e. The van der Waals surface area contributed by atoms with Crippen molar-refractivity contribution in [2.24, 2.45) is 0 Å². The summed E-state index contributed by atoms with van der Waals surface area (Å²) in [7, 11) is 0. The van der Waals surface area contributed by atoms with Gasteiger partial charge < -0.3 is 9.64 Å². The first-order valence-electron chi connectivity index (χ1n) is 9.62. The first-order valence-corrected chi connectivity index (χ1v) is 9.62. The van der Waals surface area contributed by atoms with Crippen molar-refractivity contribution >= 4 is 23.1 Å². The normalized spacial score (nSPS) is 23.0. The molecule has 5 nitrogen and oxygen atoms in total. The zero-order valence-electron chi connectivity index (χ0n) is 16.4. The monoisotopic (exact) mass is 376 g/mol. The Kier molecular flexibility index (Phi) is 4.77. The summed E-state index contributed by atoms with van der Waals surface area (Å²) in [6, 6.07) is 16.9. The van der Waals surface area contributed by atoms with Crippen LogP contribution in [0.25, 0.3) is 5.57 Å². The van der Waals surface area contributed by atoms with Crippen LogP contribution in [-0.2, 0) is 14.3 Å². The van der Waals surface area contributed by atoms with E-state index >= 15 is 0 Å². The van der Waals surface area contributed by atoms with Crippen LogP contribution in [0.1, 0.15) is 25.0 Å². The number of benzene rings is 2. The third kappa shape index (κ3) is 3.12. The Labute approximate surface area is 165 Å². The number of aryl methyl sites for hydroxylation is 1. The van der Waals surface area contributed by atoms with Gasteiger partial charge in [0.2, 0.25) is 0 Å². The summed E-state index contributed by atoms with van der Waals surface area (Å²) >= 11 is 0. The minimum atomic E-state index is -0.271. The van der Waals surface area contributed by atoms with E-state index in [1.807, 2.05) is 80.3 Å². The highest BCUT2D eigenvalue weighted by Crippen LogP contribution is 2.36. The van der Waals surface area contributed by atoms with Crippen molar-refractivity contribution < 1.29 is 14.3 Å². The number of carbonyl (C=O) groups excluding carboxylic acids is 2. The fraction of sp³-hybridized carbons (Fsp3) is 0.304. The van der Waals surface area contributed by atoms with Crippen LogP contribution < -0.4 is 4.90 Å². The zero-order valence-corrected chi connectivity index (χ0v) is 16.4. The van der Waals surface area contributed by atoms with Gasteiger partial charge in [0.1, 0.15) is 5.70 Å². The van der Waals surface area contributed by atoms with Crippen molar-refractivity contribution in [1.82, 2.24) is 4.90 Å². The molecular formula is C23H24N2O3. The van der Waals surface area contributed by atoms with Gasteiger partial charge in [-0.25, -0.2) is 4.90 Å². The van der Waals surface area contributed by atoms with E-state index in [0.717, 1.165) is 11.1 Å². The van der Waals surface area contributed by atoms with Crippen LogP contribution in [0.4, 0.5) is 5.69 Å². The van der Waals surface area contributed by atoms with Gasteiger partial charge in [-0.15, -0.1) is 0 Å². The van der Waals surface area contributed by atoms with Gasteiger partial charge in [-0.05, 0) is 38.0 Å². The molecule has 2 aromatic carbocycles. The Bertz CT molecular complexity index is 941. The Balaban J connectivity index is 1.85. The molecule has 0 aromatic heterocycles. The molecular weight excluding hydrogens is 352 g/mol. The second kappa shape index (κ2) is 7.24. The highest BCUT2D eigenvalue weighted by atomic mass is 16.5. The molecule has 0 aliphatic carbocycles. The van der Waals surface area contributed by atoms with Crippen molar-refractivity contribution in [3.8, 4) is 0 Å². The SMILES string of the molecule is Cc1ccccc1N1C(=O)C(c2ccccc2)=C(N2CC(C)OC(C)C2)C1=O. The van der Waals surface area contributed by atoms with Crippen molar-refractivity contribution in [1.29, 1.82) is 0 Å². The molecule has 1 fully saturated rings. The maximum atomic E-state index is 13.5. The number of anilines is 1. The molecule has 0 spiro atoms. The fourth-order valence-electron chi connectivity index (χ4n) is 4.07. The lowest BCUT2D eigenvalue weighted by Crippen LogP contribution is -2.47. The largest absolute Gasteiger partial charge is 0.372 e. The van der Waals surface area contributed by atoms with Gasteiger partial charge in [-0.2, -0.15) is 0 Å². The van der Waals surface area contributed by atoms with E-state index in [-0.39, 0.29) is 24.0 Å². The number of ether oxygens (including phenoxy) is 1. The standard InChI is InChI=1S/C23H24N2O3/c1-15-9-7-8-12-19(15)25-22(26)20(18-10-5-4-6-11-18)21(23(25)27)24-13-16(2)28-17(3)14-24/h4-12,16-17H,13-14H2,1-3H3. The van der Waals surface area contributed by atoms with Crippen LogP contribution in [-0.4, -0.2) is 42.0 Å². The quantitative estimate of drug-likeness (QED) is 0.771. The lowest BCUT2D eigenvalue weighted by atomic mass is 10.0. The lowest BCUT2D eigenvalue weighted by Gasteiger charge is -2.37. The molecule has 2 aliphatic heterocycles. The van der Waals surface area contributed by atoms with Crippen molar-refractivity contribution in [3.05, 3.63) is 71.4 Å². The van der Waals surface area contributed by atoms with Gasteiger partial charge in [0.15, 0.2) is 0 Å². The molecule has 2 aromatic rings. The number of para-hydroxylation sites is 1. The number of hydrogen-bond acceptors (Lipinski definition) is 4. The number of amides is 2. The van der Waals surface area contributed by atoms with Crippen LogP contribution in [0.2, 0.25) is 0 Å². The van der Waals surface area contributed by atoms with Crippen molar-refractivity contribution in [2.75, 3.05) is 18.0 Å². The molecule has 5 heteroatoms. The van der Waals surface area contributed by atoms with E-state index in [9.17, 15) is 9.59 Å². The number of rotatable bonds is 3. The Hall–Kier alpha value is -2.92. The molecule has 0 bridgehead atoms. The summed E-state index contributed by atoms with van der Waals surface area (Å²) in [5, 5.41) is 0. The first-order chi connectivity index (χ1) is 13.5. The average molecular weight is 376 g/mol. The van der Waals surface area contributed by atoms with E-state index in [1.165, 1.54) is 4.90 Å². The molecule has 28 heavy (non-hydrogen) atoms. The second-order valence-corrected chi connectivity index (χ2v) is 7.48. The molecule has 2 heterocycles. The van der Waals surface area contributed by atoms with E-state index in [2.05, 4.69) is 0 Å². The average Bonchev–Trinajstić information content (AvgIpc) is 2.93. The number of imide groups is 1. The lowest BCUT2D eigenvalue weighted by molar-refractivity contribution is -0.121. The molecule has 144 valence electrons. The number of hydrogen-bond donors (Lipinski definition) is 0. The van der Waals surface area contributed by atoms with Gasteiger partial charge in [0.05, 0.1) is 23.5 Å². The smallest absolute Gasteiger partial charge is 0.282 e. The van der Waals surface area contributed by atoms with Gasteiger partial charge in [-0.1, -0.05) is 48.5 Å². The Morgan fingerprint density at radius 2 is 1.46 bits per heavy atom. The first kappa shape index (κ1) is 18.4. The maximum Gasteiger partial charge on any atom is 0.282 e. The highest BCUT2D eigenvalue weighted by Gasteiger charge is 2.44. The predicted octanol–water partition coefficient (Wildman–Crippen LogP) is 3.39. The fourth-order valence-corrected chi connectivity index (χ4v) is 4.07. The van der Waals surface area contributed by atoms with E-state index in [0.29, 0.717) is 30.0 Å². The number of nitrogens with zero attached hydrogens (tertiary/aromatic N) is 2. The van der Waals surface area contributed by atoms with Gasteiger partial charge in [0.25, 0.3) is 11.8 Å². The van der Waals surface area contributed by atoms with Crippen LogP contribution in [0.15, 0.2) is 60.3 Å². The summed E-state index contributed by atoms with van der Waals surface area (Å²) in [6.45, 7) is 7.06. The molecule has 0 N–H and O–H groups in total.